The summed E-state index contributed by atoms with van der Waals surface area (Å²) in [4.78, 5) is 33.4. The summed E-state index contributed by atoms with van der Waals surface area (Å²) in [6, 6.07) is 0.486. The van der Waals surface area contributed by atoms with Gasteiger partial charge >= 0.3 is 12.1 Å². The van der Waals surface area contributed by atoms with Crippen LogP contribution in [0.1, 0.15) is 53.4 Å². The molecule has 0 spiro atoms. The van der Waals surface area contributed by atoms with E-state index in [9.17, 15) is 9.59 Å². The summed E-state index contributed by atoms with van der Waals surface area (Å²) in [6.07, 6.45) is 3.99. The number of hydrogen-bond donors (Lipinski definition) is 0. The zero-order valence-electron chi connectivity index (χ0n) is 14.2. The van der Waals surface area contributed by atoms with E-state index in [1.807, 2.05) is 26.5 Å². The Morgan fingerprint density at radius 2 is 1.59 bits per heavy atom. The van der Waals surface area contributed by atoms with Crippen LogP contribution >= 0.6 is 0 Å². The number of carbonyl (C=O) groups excluding carboxylic acids is 2. The average molecular weight is 308 g/mol. The van der Waals surface area contributed by atoms with E-state index in [0.717, 1.165) is 32.2 Å². The van der Waals surface area contributed by atoms with E-state index in [0.29, 0.717) is 6.54 Å². The first-order valence-electron chi connectivity index (χ1n) is 8.76. The molecule has 124 valence electrons. The molecule has 4 amide bonds. The Kier molecular flexibility index (Phi) is 3.95. The van der Waals surface area contributed by atoms with Crippen LogP contribution in [0.15, 0.2) is 0 Å². The van der Waals surface area contributed by atoms with Crippen molar-refractivity contribution in [2.75, 3.05) is 13.1 Å². The number of carbonyl (C=O) groups is 2. The van der Waals surface area contributed by atoms with Gasteiger partial charge in [0.15, 0.2) is 6.17 Å². The minimum Gasteiger partial charge on any atom is -0.300 e. The Bertz CT molecular complexity index is 469. The second kappa shape index (κ2) is 5.63. The Morgan fingerprint density at radius 1 is 0.909 bits per heavy atom. The quantitative estimate of drug-likeness (QED) is 0.708. The highest BCUT2D eigenvalue weighted by molar-refractivity contribution is 5.87. The predicted molar refractivity (Wildman–Crippen MR) is 84.2 cm³/mol. The van der Waals surface area contributed by atoms with E-state index < -0.39 is 0 Å². The van der Waals surface area contributed by atoms with E-state index in [4.69, 9.17) is 0 Å². The lowest BCUT2D eigenvalue weighted by atomic mass is 10.1. The van der Waals surface area contributed by atoms with Crippen LogP contribution in [-0.4, -0.2) is 69.2 Å². The molecule has 0 radical (unpaired) electrons. The molecule has 3 aliphatic heterocycles. The lowest BCUT2D eigenvalue weighted by Crippen LogP contribution is -2.46. The molecule has 6 nitrogen and oxygen atoms in total. The Hall–Kier alpha value is -1.46. The van der Waals surface area contributed by atoms with E-state index in [1.165, 1.54) is 0 Å². The number of urea groups is 2. The second-order valence-electron chi connectivity index (χ2n) is 6.61. The molecule has 3 saturated heterocycles. The van der Waals surface area contributed by atoms with Crippen LogP contribution in [-0.2, 0) is 0 Å². The van der Waals surface area contributed by atoms with Gasteiger partial charge in [0.05, 0.1) is 12.1 Å². The fourth-order valence-corrected chi connectivity index (χ4v) is 4.45. The summed E-state index contributed by atoms with van der Waals surface area (Å²) < 4.78 is 0. The van der Waals surface area contributed by atoms with Crippen molar-refractivity contribution in [2.45, 2.75) is 77.8 Å². The van der Waals surface area contributed by atoms with Crippen LogP contribution in [0.5, 0.6) is 0 Å². The Morgan fingerprint density at radius 3 is 2.18 bits per heavy atom. The van der Waals surface area contributed by atoms with E-state index in [2.05, 4.69) is 20.8 Å². The summed E-state index contributed by atoms with van der Waals surface area (Å²) in [6.45, 7) is 9.76. The molecule has 6 heteroatoms. The molecule has 3 rings (SSSR count). The van der Waals surface area contributed by atoms with Crippen molar-refractivity contribution in [1.82, 2.24) is 19.6 Å². The monoisotopic (exact) mass is 308 g/mol. The van der Waals surface area contributed by atoms with Crippen LogP contribution in [0.3, 0.4) is 0 Å². The molecule has 0 N–H and O–H groups in total. The Balaban J connectivity index is 1.91. The number of nitrogens with zero attached hydrogens (tertiary/aromatic N) is 4. The summed E-state index contributed by atoms with van der Waals surface area (Å²) in [7, 11) is 0. The zero-order chi connectivity index (χ0) is 16.0. The number of likely N-dealkylation sites (N-methyl/N-ethyl adjacent to an activating group) is 1. The molecule has 0 aromatic carbocycles. The molecule has 2 unspecified atom stereocenters. The van der Waals surface area contributed by atoms with Gasteiger partial charge in [0, 0.05) is 13.1 Å². The minimum absolute atomic E-state index is 0.0819. The topological polar surface area (TPSA) is 47.1 Å². The van der Waals surface area contributed by atoms with Crippen LogP contribution in [0, 0.1) is 0 Å². The molecule has 0 aliphatic carbocycles. The van der Waals surface area contributed by atoms with Crippen molar-refractivity contribution >= 4 is 12.1 Å². The standard InChI is InChI=1S/C16H28N4O2/c1-5-8-9-10-18-13-14-19(15(21)17(13)7-3)11(4)12(6-2)20(14)16(18)22/h11-14H,5-10H2,1-4H3/t11-,12+,13?,14?/m1/s1. The van der Waals surface area contributed by atoms with Gasteiger partial charge in [-0.15, -0.1) is 0 Å². The van der Waals surface area contributed by atoms with Gasteiger partial charge in [-0.05, 0) is 26.7 Å². The van der Waals surface area contributed by atoms with Crippen LogP contribution in [0.2, 0.25) is 0 Å². The number of unbranched alkanes of at least 4 members (excludes halogenated alkanes) is 2. The van der Waals surface area contributed by atoms with Crippen molar-refractivity contribution in [3.63, 3.8) is 0 Å². The summed E-state index contributed by atoms with van der Waals surface area (Å²) >= 11 is 0. The summed E-state index contributed by atoms with van der Waals surface area (Å²) in [5.41, 5.74) is 0. The van der Waals surface area contributed by atoms with Crippen LogP contribution < -0.4 is 0 Å². The van der Waals surface area contributed by atoms with Crippen molar-refractivity contribution in [1.29, 1.82) is 0 Å². The van der Waals surface area contributed by atoms with Gasteiger partial charge in [0.1, 0.15) is 6.17 Å². The van der Waals surface area contributed by atoms with Gasteiger partial charge in [-0.1, -0.05) is 26.7 Å². The molecule has 22 heavy (non-hydrogen) atoms. The molecular formula is C16H28N4O2. The second-order valence-corrected chi connectivity index (χ2v) is 6.61. The van der Waals surface area contributed by atoms with Gasteiger partial charge < -0.3 is 4.90 Å². The lowest BCUT2D eigenvalue weighted by molar-refractivity contribution is 0.131. The lowest BCUT2D eigenvalue weighted by Gasteiger charge is -2.28. The van der Waals surface area contributed by atoms with E-state index in [-0.39, 0.29) is 36.5 Å². The van der Waals surface area contributed by atoms with Gasteiger partial charge in [-0.3, -0.25) is 14.7 Å². The number of hydrogen-bond acceptors (Lipinski definition) is 2. The predicted octanol–water partition coefficient (Wildman–Crippen LogP) is 2.50. The van der Waals surface area contributed by atoms with Gasteiger partial charge in [0.25, 0.3) is 0 Å². The highest BCUT2D eigenvalue weighted by Crippen LogP contribution is 2.44. The van der Waals surface area contributed by atoms with E-state index >= 15 is 0 Å². The van der Waals surface area contributed by atoms with Crippen molar-refractivity contribution in [3.05, 3.63) is 0 Å². The van der Waals surface area contributed by atoms with Crippen molar-refractivity contribution in [3.8, 4) is 0 Å². The molecule has 4 atom stereocenters. The third-order valence-corrected chi connectivity index (χ3v) is 5.52. The van der Waals surface area contributed by atoms with Crippen molar-refractivity contribution < 1.29 is 9.59 Å². The fourth-order valence-electron chi connectivity index (χ4n) is 4.45. The maximum Gasteiger partial charge on any atom is 0.323 e. The molecule has 3 aliphatic rings. The van der Waals surface area contributed by atoms with Gasteiger partial charge in [-0.25, -0.2) is 9.59 Å². The van der Waals surface area contributed by atoms with E-state index in [1.54, 1.807) is 0 Å². The van der Waals surface area contributed by atoms with Crippen molar-refractivity contribution in [2.24, 2.45) is 0 Å². The highest BCUT2D eigenvalue weighted by atomic mass is 16.2. The Labute approximate surface area is 133 Å². The molecule has 0 saturated carbocycles. The molecule has 3 heterocycles. The number of rotatable bonds is 6. The molecular weight excluding hydrogens is 280 g/mol. The molecule has 3 fully saturated rings. The molecule has 0 bridgehead atoms. The van der Waals surface area contributed by atoms with Gasteiger partial charge in [-0.2, -0.15) is 0 Å². The third kappa shape index (κ3) is 1.85. The van der Waals surface area contributed by atoms with Crippen LogP contribution in [0.25, 0.3) is 0 Å². The maximum absolute atomic E-state index is 12.9. The fraction of sp³-hybridized carbons (Fsp3) is 0.875. The SMILES string of the molecule is CCCCCN1C(=O)N2C3C1N(CC)C(=O)N3[C@H](C)[C@@H]2CC. The smallest absolute Gasteiger partial charge is 0.300 e. The molecule has 0 aromatic rings. The highest BCUT2D eigenvalue weighted by Gasteiger charge is 2.65. The zero-order valence-corrected chi connectivity index (χ0v) is 14.2. The minimum atomic E-state index is -0.0964. The summed E-state index contributed by atoms with van der Waals surface area (Å²) in [5, 5.41) is 0. The first-order valence-corrected chi connectivity index (χ1v) is 8.76. The largest absolute Gasteiger partial charge is 0.323 e. The first-order chi connectivity index (χ1) is 10.6. The number of amides is 4. The summed E-state index contributed by atoms with van der Waals surface area (Å²) in [5.74, 6) is 0. The normalized spacial score (nSPS) is 33.5. The maximum atomic E-state index is 12.9. The van der Waals surface area contributed by atoms with Crippen LogP contribution in [0.4, 0.5) is 9.59 Å². The van der Waals surface area contributed by atoms with Gasteiger partial charge in [0.2, 0.25) is 0 Å². The first kappa shape index (κ1) is 15.4. The molecule has 0 aromatic heterocycles. The third-order valence-electron chi connectivity index (χ3n) is 5.52. The average Bonchev–Trinajstić information content (AvgIpc) is 3.05.